The summed E-state index contributed by atoms with van der Waals surface area (Å²) >= 11 is 0. The first kappa shape index (κ1) is 38.2. The summed E-state index contributed by atoms with van der Waals surface area (Å²) in [5, 5.41) is 8.06. The van der Waals surface area contributed by atoms with Crippen LogP contribution >= 0.6 is 0 Å². The molecule has 6 rings (SSSR count). The SMILES string of the molecule is CN(Cc1ccc(N2CCC(=O)NC2=O)cn1)C1CCN(c2ccc(Nc3ncc(C(F)(F)F)c(NCc4cccc(N(C)S(C)(=O)=O)c4)n3)cc2)CC1. The Labute approximate surface area is 311 Å². The van der Waals surface area contributed by atoms with Crippen molar-refractivity contribution in [3.05, 3.63) is 89.9 Å². The smallest absolute Gasteiger partial charge is 0.371 e. The molecule has 0 radical (unpaired) electrons. The number of carbonyl (C=O) groups is 2. The average molecular weight is 767 g/mol. The van der Waals surface area contributed by atoms with Gasteiger partial charge in [0, 0.05) is 69.8 Å². The number of anilines is 6. The molecule has 2 aliphatic rings. The molecule has 3 N–H and O–H groups in total. The van der Waals surface area contributed by atoms with Crippen molar-refractivity contribution in [2.24, 2.45) is 0 Å². The van der Waals surface area contributed by atoms with E-state index in [1.807, 2.05) is 36.4 Å². The molecular formula is C36H41F3N10O4S. The van der Waals surface area contributed by atoms with Gasteiger partial charge in [-0.05, 0) is 74.0 Å². The lowest BCUT2D eigenvalue weighted by Gasteiger charge is -2.38. The van der Waals surface area contributed by atoms with Gasteiger partial charge in [-0.1, -0.05) is 12.1 Å². The monoisotopic (exact) mass is 766 g/mol. The quantitative estimate of drug-likeness (QED) is 0.175. The molecule has 2 aromatic carbocycles. The Kier molecular flexibility index (Phi) is 11.2. The number of carbonyl (C=O) groups excluding carboxylic acids is 2. The molecule has 18 heteroatoms. The van der Waals surface area contributed by atoms with Gasteiger partial charge in [-0.3, -0.25) is 29.2 Å². The van der Waals surface area contributed by atoms with Crippen molar-refractivity contribution in [3.8, 4) is 0 Å². The van der Waals surface area contributed by atoms with Gasteiger partial charge in [0.05, 0.1) is 29.5 Å². The summed E-state index contributed by atoms with van der Waals surface area (Å²) in [4.78, 5) is 42.3. The predicted octanol–water partition coefficient (Wildman–Crippen LogP) is 5.19. The molecule has 54 heavy (non-hydrogen) atoms. The van der Waals surface area contributed by atoms with Crippen molar-refractivity contribution in [2.75, 3.05) is 64.7 Å². The molecule has 2 aromatic heterocycles. The molecule has 4 aromatic rings. The van der Waals surface area contributed by atoms with Crippen LogP contribution in [0.1, 0.15) is 36.1 Å². The minimum absolute atomic E-state index is 0.0229. The molecular weight excluding hydrogens is 726 g/mol. The molecule has 0 bridgehead atoms. The lowest BCUT2D eigenvalue weighted by Crippen LogP contribution is -2.49. The van der Waals surface area contributed by atoms with Crippen LogP contribution in [0, 0.1) is 0 Å². The number of nitrogens with one attached hydrogen (secondary N) is 3. The molecule has 2 fully saturated rings. The fraction of sp³-hybridized carbons (Fsp3) is 0.361. The van der Waals surface area contributed by atoms with Crippen LogP contribution in [0.2, 0.25) is 0 Å². The van der Waals surface area contributed by atoms with Crippen LogP contribution in [0.4, 0.5) is 52.5 Å². The molecule has 0 saturated carbocycles. The Balaban J connectivity index is 1.03. The van der Waals surface area contributed by atoms with Gasteiger partial charge in [-0.15, -0.1) is 0 Å². The summed E-state index contributed by atoms with van der Waals surface area (Å²) in [5.41, 5.74) is 3.05. The van der Waals surface area contributed by atoms with E-state index in [0.29, 0.717) is 41.8 Å². The van der Waals surface area contributed by atoms with E-state index in [2.05, 4.69) is 47.7 Å². The number of hydrogen-bond donors (Lipinski definition) is 3. The van der Waals surface area contributed by atoms with E-state index in [0.717, 1.165) is 54.1 Å². The highest BCUT2D eigenvalue weighted by Crippen LogP contribution is 2.35. The third-order valence-electron chi connectivity index (χ3n) is 9.49. The van der Waals surface area contributed by atoms with E-state index >= 15 is 0 Å². The Hall–Kier alpha value is -5.49. The minimum atomic E-state index is -4.70. The maximum Gasteiger partial charge on any atom is 0.421 e. The number of urea groups is 1. The van der Waals surface area contributed by atoms with Gasteiger partial charge in [0.1, 0.15) is 11.4 Å². The number of rotatable bonds is 12. The van der Waals surface area contributed by atoms with Crippen molar-refractivity contribution in [1.82, 2.24) is 25.2 Å². The number of halogens is 3. The van der Waals surface area contributed by atoms with E-state index < -0.39 is 33.6 Å². The average Bonchev–Trinajstić information content (AvgIpc) is 3.14. The van der Waals surface area contributed by atoms with Gasteiger partial charge in [0.2, 0.25) is 21.9 Å². The van der Waals surface area contributed by atoms with Gasteiger partial charge >= 0.3 is 12.2 Å². The third-order valence-corrected chi connectivity index (χ3v) is 10.7. The lowest BCUT2D eigenvalue weighted by atomic mass is 10.0. The molecule has 0 aliphatic carbocycles. The predicted molar refractivity (Wildman–Crippen MR) is 200 cm³/mol. The molecule has 3 amide bonds. The molecule has 14 nitrogen and oxygen atoms in total. The Morgan fingerprint density at radius 2 is 1.67 bits per heavy atom. The van der Waals surface area contributed by atoms with E-state index in [1.54, 1.807) is 30.5 Å². The first-order valence-electron chi connectivity index (χ1n) is 17.2. The lowest BCUT2D eigenvalue weighted by molar-refractivity contribution is -0.137. The van der Waals surface area contributed by atoms with E-state index in [4.69, 9.17) is 0 Å². The molecule has 286 valence electrons. The van der Waals surface area contributed by atoms with Crippen LogP contribution in [0.25, 0.3) is 0 Å². The summed E-state index contributed by atoms with van der Waals surface area (Å²) in [6.07, 6.45) is 0.868. The molecule has 4 heterocycles. The third kappa shape index (κ3) is 9.35. The van der Waals surface area contributed by atoms with Crippen LogP contribution in [-0.4, -0.2) is 86.2 Å². The van der Waals surface area contributed by atoms with Gasteiger partial charge in [0.25, 0.3) is 0 Å². The summed E-state index contributed by atoms with van der Waals surface area (Å²) in [6, 6.07) is 17.7. The van der Waals surface area contributed by atoms with Crippen LogP contribution in [0.15, 0.2) is 73.1 Å². The zero-order chi connectivity index (χ0) is 38.6. The van der Waals surface area contributed by atoms with Gasteiger partial charge < -0.3 is 15.5 Å². The second-order valence-corrected chi connectivity index (χ2v) is 15.3. The second kappa shape index (κ2) is 15.9. The Bertz CT molecular complexity index is 2080. The zero-order valence-corrected chi connectivity index (χ0v) is 30.8. The second-order valence-electron chi connectivity index (χ2n) is 13.3. The van der Waals surface area contributed by atoms with Gasteiger partial charge in [0.15, 0.2) is 0 Å². The largest absolute Gasteiger partial charge is 0.421 e. The number of sulfonamides is 1. The van der Waals surface area contributed by atoms with Crippen molar-refractivity contribution in [3.63, 3.8) is 0 Å². The summed E-state index contributed by atoms with van der Waals surface area (Å²) in [7, 11) is -0.0477. The zero-order valence-electron chi connectivity index (χ0n) is 30.0. The molecule has 2 aliphatic heterocycles. The van der Waals surface area contributed by atoms with Crippen molar-refractivity contribution in [2.45, 2.75) is 44.6 Å². The normalized spacial score (nSPS) is 15.7. The Morgan fingerprint density at radius 3 is 2.31 bits per heavy atom. The number of nitrogens with zero attached hydrogens (tertiary/aromatic N) is 7. The molecule has 0 atom stereocenters. The Morgan fingerprint density at radius 1 is 0.944 bits per heavy atom. The van der Waals surface area contributed by atoms with Crippen LogP contribution in [0.5, 0.6) is 0 Å². The molecule has 2 saturated heterocycles. The van der Waals surface area contributed by atoms with Crippen molar-refractivity contribution in [1.29, 1.82) is 0 Å². The fourth-order valence-corrected chi connectivity index (χ4v) is 6.83. The number of benzene rings is 2. The summed E-state index contributed by atoms with van der Waals surface area (Å²) in [6.45, 7) is 2.60. The summed E-state index contributed by atoms with van der Waals surface area (Å²) in [5.74, 6) is -0.715. The highest BCUT2D eigenvalue weighted by Gasteiger charge is 2.35. The number of pyridine rings is 1. The summed E-state index contributed by atoms with van der Waals surface area (Å²) < 4.78 is 66.6. The highest BCUT2D eigenvalue weighted by molar-refractivity contribution is 7.92. The fourth-order valence-electron chi connectivity index (χ4n) is 6.34. The van der Waals surface area contributed by atoms with Crippen LogP contribution in [-0.2, 0) is 34.1 Å². The van der Waals surface area contributed by atoms with Gasteiger partial charge in [-0.2, -0.15) is 18.2 Å². The maximum atomic E-state index is 13.9. The van der Waals surface area contributed by atoms with E-state index in [-0.39, 0.29) is 24.8 Å². The highest BCUT2D eigenvalue weighted by atomic mass is 32.2. The van der Waals surface area contributed by atoms with Crippen molar-refractivity contribution < 1.29 is 31.2 Å². The number of amides is 3. The first-order valence-corrected chi connectivity index (χ1v) is 19.1. The number of alkyl halides is 3. The van der Waals surface area contributed by atoms with E-state index in [9.17, 15) is 31.2 Å². The van der Waals surface area contributed by atoms with Crippen molar-refractivity contribution >= 4 is 56.5 Å². The molecule has 0 spiro atoms. The topological polar surface area (TPSA) is 156 Å². The van der Waals surface area contributed by atoms with E-state index in [1.165, 1.54) is 11.9 Å². The van der Waals surface area contributed by atoms with Crippen LogP contribution in [0.3, 0.4) is 0 Å². The number of aromatic nitrogens is 3. The number of imide groups is 1. The standard InChI is InChI=1S/C36H41F3N10O4S/c1-46(23-26-9-12-30(21-40-26)49-18-15-32(50)44-35(49)51)27-13-16-48(17-14-27)28-10-7-25(8-11-28)43-34-42-22-31(36(37,38)39)33(45-34)41-20-24-5-4-6-29(19-24)47(2)54(3,52)53/h4-12,19,21-22,27H,13-18,20,23H2,1-3H3,(H,44,50,51)(H2,41,42,43,45). The number of piperidine rings is 1. The maximum absolute atomic E-state index is 13.9. The number of hydrogen-bond acceptors (Lipinski definition) is 11. The molecule has 0 unspecified atom stereocenters. The van der Waals surface area contributed by atoms with Gasteiger partial charge in [-0.25, -0.2) is 18.2 Å². The van der Waals surface area contributed by atoms with Crippen LogP contribution < -0.4 is 30.1 Å². The minimum Gasteiger partial charge on any atom is -0.371 e. The first-order chi connectivity index (χ1) is 25.6.